The molecule has 2 bridgehead atoms. The number of benzene rings is 2. The fourth-order valence-electron chi connectivity index (χ4n) is 3.72. The molecule has 1 unspecified atom stereocenters. The van der Waals surface area contributed by atoms with Crippen LogP contribution in [-0.4, -0.2) is 18.3 Å². The largest absolute Gasteiger partial charge is 0.375 e. The van der Waals surface area contributed by atoms with E-state index in [0.29, 0.717) is 18.3 Å². The second-order valence-electron chi connectivity index (χ2n) is 6.39. The third-order valence-electron chi connectivity index (χ3n) is 4.78. The minimum absolute atomic E-state index is 0.0184. The number of rotatable bonds is 4. The van der Waals surface area contributed by atoms with Gasteiger partial charge in [-0.2, -0.15) is 0 Å². The van der Waals surface area contributed by atoms with Crippen LogP contribution >= 0.6 is 0 Å². The molecule has 2 heterocycles. The van der Waals surface area contributed by atoms with Crippen molar-refractivity contribution >= 4 is 0 Å². The lowest BCUT2D eigenvalue weighted by atomic mass is 10.00. The number of ether oxygens (including phenoxy) is 2. The van der Waals surface area contributed by atoms with Crippen molar-refractivity contribution in [2.75, 3.05) is 0 Å². The first-order valence-electron chi connectivity index (χ1n) is 8.29. The van der Waals surface area contributed by atoms with Crippen molar-refractivity contribution in [1.82, 2.24) is 0 Å². The van der Waals surface area contributed by atoms with Crippen molar-refractivity contribution in [1.29, 1.82) is 0 Å². The molecule has 0 N–H and O–H groups in total. The Hall–Kier alpha value is -1.64. The van der Waals surface area contributed by atoms with Gasteiger partial charge in [0.25, 0.3) is 0 Å². The Bertz CT molecular complexity index is 544. The van der Waals surface area contributed by atoms with E-state index in [1.165, 1.54) is 24.0 Å². The average Bonchev–Trinajstić information content (AvgIpc) is 2.93. The van der Waals surface area contributed by atoms with E-state index in [-0.39, 0.29) is 6.10 Å². The van der Waals surface area contributed by atoms with Gasteiger partial charge in [-0.15, -0.1) is 0 Å². The topological polar surface area (TPSA) is 18.5 Å². The molecule has 4 rings (SSSR count). The molecule has 2 heteroatoms. The van der Waals surface area contributed by atoms with Crippen LogP contribution in [0.3, 0.4) is 0 Å². The lowest BCUT2D eigenvalue weighted by Gasteiger charge is -2.32. The minimum atomic E-state index is 0.0184. The van der Waals surface area contributed by atoms with Gasteiger partial charge in [0.05, 0.1) is 18.3 Å². The highest BCUT2D eigenvalue weighted by molar-refractivity contribution is 5.30. The fourth-order valence-corrected chi connectivity index (χ4v) is 3.72. The molecule has 0 spiro atoms. The SMILES string of the molecule is c1ccc(C(OC2C[C@H]3CC[C@@H](C2)O3)c2ccccc2)cc1. The Balaban J connectivity index is 1.58. The standard InChI is InChI=1S/C20H22O2/c1-3-7-15(8-4-1)20(16-9-5-2-6-10-16)22-19-13-17-11-12-18(14-19)21-17/h1-10,17-20H,11-14H2/t17-,18+,19?. The van der Waals surface area contributed by atoms with Crippen molar-refractivity contribution < 1.29 is 9.47 Å². The molecule has 2 aromatic carbocycles. The second-order valence-corrected chi connectivity index (χ2v) is 6.39. The summed E-state index contributed by atoms with van der Waals surface area (Å²) in [7, 11) is 0. The second kappa shape index (κ2) is 6.23. The first-order chi connectivity index (χ1) is 10.9. The molecule has 3 atom stereocenters. The molecule has 0 amide bonds. The van der Waals surface area contributed by atoms with Crippen molar-refractivity contribution in [3.05, 3.63) is 71.8 Å². The first kappa shape index (κ1) is 14.0. The highest BCUT2D eigenvalue weighted by Gasteiger charge is 2.36. The van der Waals surface area contributed by atoms with Crippen LogP contribution in [0.5, 0.6) is 0 Å². The Labute approximate surface area is 132 Å². The third kappa shape index (κ3) is 2.94. The summed E-state index contributed by atoms with van der Waals surface area (Å²) in [5, 5.41) is 0. The molecular weight excluding hydrogens is 272 g/mol. The zero-order valence-electron chi connectivity index (χ0n) is 12.7. The molecule has 0 aromatic heterocycles. The van der Waals surface area contributed by atoms with Crippen molar-refractivity contribution in [3.63, 3.8) is 0 Å². The van der Waals surface area contributed by atoms with E-state index in [4.69, 9.17) is 9.47 Å². The molecule has 2 aliphatic rings. The summed E-state index contributed by atoms with van der Waals surface area (Å²) in [5.41, 5.74) is 2.46. The molecule has 0 radical (unpaired) electrons. The van der Waals surface area contributed by atoms with Gasteiger partial charge in [-0.3, -0.25) is 0 Å². The third-order valence-corrected chi connectivity index (χ3v) is 4.78. The molecule has 2 aliphatic heterocycles. The van der Waals surface area contributed by atoms with E-state index in [0.717, 1.165) is 12.8 Å². The van der Waals surface area contributed by atoms with Gasteiger partial charge < -0.3 is 9.47 Å². The van der Waals surface area contributed by atoms with Crippen LogP contribution in [0.2, 0.25) is 0 Å². The normalized spacial score (nSPS) is 27.2. The molecule has 2 saturated heterocycles. The van der Waals surface area contributed by atoms with Gasteiger partial charge in [0.1, 0.15) is 6.10 Å². The van der Waals surface area contributed by atoms with E-state index in [2.05, 4.69) is 60.7 Å². The molecule has 2 aromatic rings. The summed E-state index contributed by atoms with van der Waals surface area (Å²) in [4.78, 5) is 0. The van der Waals surface area contributed by atoms with Crippen LogP contribution in [0.15, 0.2) is 60.7 Å². The van der Waals surface area contributed by atoms with Gasteiger partial charge in [-0.1, -0.05) is 60.7 Å². The van der Waals surface area contributed by atoms with E-state index in [9.17, 15) is 0 Å². The molecule has 0 saturated carbocycles. The summed E-state index contributed by atoms with van der Waals surface area (Å²) < 4.78 is 12.5. The average molecular weight is 294 g/mol. The molecule has 22 heavy (non-hydrogen) atoms. The fraction of sp³-hybridized carbons (Fsp3) is 0.400. The Kier molecular flexibility index (Phi) is 3.96. The van der Waals surface area contributed by atoms with Gasteiger partial charge in [0.15, 0.2) is 0 Å². The summed E-state index contributed by atoms with van der Waals surface area (Å²) in [6.07, 6.45) is 5.62. The summed E-state index contributed by atoms with van der Waals surface area (Å²) >= 11 is 0. The maximum atomic E-state index is 6.56. The summed E-state index contributed by atoms with van der Waals surface area (Å²) in [6.45, 7) is 0. The lowest BCUT2D eigenvalue weighted by Crippen LogP contribution is -2.31. The molecule has 114 valence electrons. The predicted octanol–water partition coefficient (Wildman–Crippen LogP) is 4.50. The van der Waals surface area contributed by atoms with Crippen molar-refractivity contribution in [3.8, 4) is 0 Å². The Morgan fingerprint density at radius 3 is 1.77 bits per heavy atom. The summed E-state index contributed by atoms with van der Waals surface area (Å²) in [6, 6.07) is 21.1. The van der Waals surface area contributed by atoms with Crippen LogP contribution in [0.1, 0.15) is 42.9 Å². The highest BCUT2D eigenvalue weighted by atomic mass is 16.5. The van der Waals surface area contributed by atoms with Crippen molar-refractivity contribution in [2.24, 2.45) is 0 Å². The molecule has 0 aliphatic carbocycles. The van der Waals surface area contributed by atoms with Crippen molar-refractivity contribution in [2.45, 2.75) is 50.1 Å². The highest BCUT2D eigenvalue weighted by Crippen LogP contribution is 2.37. The van der Waals surface area contributed by atoms with E-state index in [1.807, 2.05) is 0 Å². The molecule has 2 nitrogen and oxygen atoms in total. The Morgan fingerprint density at radius 2 is 1.27 bits per heavy atom. The maximum Gasteiger partial charge on any atom is 0.108 e. The zero-order valence-corrected chi connectivity index (χ0v) is 12.7. The van der Waals surface area contributed by atoms with E-state index < -0.39 is 0 Å². The number of fused-ring (bicyclic) bond motifs is 2. The monoisotopic (exact) mass is 294 g/mol. The summed E-state index contributed by atoms with van der Waals surface area (Å²) in [5.74, 6) is 0. The Morgan fingerprint density at radius 1 is 0.773 bits per heavy atom. The van der Waals surface area contributed by atoms with Gasteiger partial charge >= 0.3 is 0 Å². The quantitative estimate of drug-likeness (QED) is 0.826. The van der Waals surface area contributed by atoms with Crippen LogP contribution in [0.25, 0.3) is 0 Å². The number of hydrogen-bond acceptors (Lipinski definition) is 2. The van der Waals surface area contributed by atoms with Crippen LogP contribution in [-0.2, 0) is 9.47 Å². The lowest BCUT2D eigenvalue weighted by molar-refractivity contribution is -0.0964. The van der Waals surface area contributed by atoms with Crippen LogP contribution in [0.4, 0.5) is 0 Å². The predicted molar refractivity (Wildman–Crippen MR) is 86.7 cm³/mol. The number of hydrogen-bond donors (Lipinski definition) is 0. The first-order valence-corrected chi connectivity index (χ1v) is 8.29. The van der Waals surface area contributed by atoms with E-state index in [1.54, 1.807) is 0 Å². The zero-order chi connectivity index (χ0) is 14.8. The molecular formula is C20H22O2. The van der Waals surface area contributed by atoms with Crippen LogP contribution < -0.4 is 0 Å². The minimum Gasteiger partial charge on any atom is -0.375 e. The molecule has 2 fully saturated rings. The van der Waals surface area contributed by atoms with Gasteiger partial charge in [-0.05, 0) is 36.8 Å². The smallest absolute Gasteiger partial charge is 0.108 e. The van der Waals surface area contributed by atoms with Gasteiger partial charge in [0, 0.05) is 0 Å². The van der Waals surface area contributed by atoms with Crippen LogP contribution in [0, 0.1) is 0 Å². The van der Waals surface area contributed by atoms with Gasteiger partial charge in [0.2, 0.25) is 0 Å². The maximum absolute atomic E-state index is 6.56. The van der Waals surface area contributed by atoms with Gasteiger partial charge in [-0.25, -0.2) is 0 Å². The van der Waals surface area contributed by atoms with E-state index >= 15 is 0 Å².